The molecule has 2 aromatic rings. The van der Waals surface area contributed by atoms with E-state index in [0.29, 0.717) is 5.56 Å². The molecule has 0 spiro atoms. The zero-order valence-corrected chi connectivity index (χ0v) is 12.5. The summed E-state index contributed by atoms with van der Waals surface area (Å²) in [4.78, 5) is 12.2. The highest BCUT2D eigenvalue weighted by atomic mass is 16.1. The van der Waals surface area contributed by atoms with Gasteiger partial charge in [0, 0.05) is 6.04 Å². The van der Waals surface area contributed by atoms with Crippen molar-refractivity contribution < 1.29 is 4.79 Å². The van der Waals surface area contributed by atoms with E-state index >= 15 is 0 Å². The molecule has 0 aliphatic rings. The van der Waals surface area contributed by atoms with E-state index in [0.717, 1.165) is 23.4 Å². The van der Waals surface area contributed by atoms with Gasteiger partial charge in [-0.2, -0.15) is 5.10 Å². The Morgan fingerprint density at radius 2 is 2.05 bits per heavy atom. The average molecular weight is 271 g/mol. The number of carbonyl (C=O) groups is 1. The molecule has 1 N–H and O–H groups in total. The Balaban J connectivity index is 2.45. The lowest BCUT2D eigenvalue weighted by Crippen LogP contribution is -2.30. The van der Waals surface area contributed by atoms with Crippen molar-refractivity contribution in [3.8, 4) is 5.69 Å². The molecule has 106 valence electrons. The number of benzene rings is 1. The SMILES string of the molecule is CCc1c(C(=O)NC(C)C)cnn1-c1ccccc1C. The van der Waals surface area contributed by atoms with Crippen molar-refractivity contribution in [1.82, 2.24) is 15.1 Å². The zero-order valence-electron chi connectivity index (χ0n) is 12.5. The predicted octanol–water partition coefficient (Wildman–Crippen LogP) is 2.88. The lowest BCUT2D eigenvalue weighted by Gasteiger charge is -2.11. The normalized spacial score (nSPS) is 10.8. The quantitative estimate of drug-likeness (QED) is 0.929. The molecule has 4 heteroatoms. The third-order valence-electron chi connectivity index (χ3n) is 3.21. The van der Waals surface area contributed by atoms with Crippen LogP contribution in [0.3, 0.4) is 0 Å². The Kier molecular flexibility index (Phi) is 4.23. The van der Waals surface area contributed by atoms with Gasteiger partial charge in [0.05, 0.1) is 23.1 Å². The highest BCUT2D eigenvalue weighted by Gasteiger charge is 2.18. The topological polar surface area (TPSA) is 46.9 Å². The van der Waals surface area contributed by atoms with Crippen LogP contribution >= 0.6 is 0 Å². The summed E-state index contributed by atoms with van der Waals surface area (Å²) in [5, 5.41) is 7.32. The fourth-order valence-corrected chi connectivity index (χ4v) is 2.25. The van der Waals surface area contributed by atoms with Crippen LogP contribution in [0.4, 0.5) is 0 Å². The minimum Gasteiger partial charge on any atom is -0.350 e. The molecule has 1 aromatic carbocycles. The molecule has 20 heavy (non-hydrogen) atoms. The molecule has 0 radical (unpaired) electrons. The summed E-state index contributed by atoms with van der Waals surface area (Å²) in [5.41, 5.74) is 3.76. The molecule has 2 rings (SSSR count). The summed E-state index contributed by atoms with van der Waals surface area (Å²) in [7, 11) is 0. The van der Waals surface area contributed by atoms with E-state index in [-0.39, 0.29) is 11.9 Å². The summed E-state index contributed by atoms with van der Waals surface area (Å²) in [6, 6.07) is 8.17. The van der Waals surface area contributed by atoms with Gasteiger partial charge in [0.25, 0.3) is 5.91 Å². The van der Waals surface area contributed by atoms with Gasteiger partial charge in [0.15, 0.2) is 0 Å². The van der Waals surface area contributed by atoms with Crippen LogP contribution in [-0.4, -0.2) is 21.7 Å². The number of amides is 1. The van der Waals surface area contributed by atoms with E-state index in [1.54, 1.807) is 6.20 Å². The first-order chi connectivity index (χ1) is 9.54. The first-order valence-corrected chi connectivity index (χ1v) is 6.98. The van der Waals surface area contributed by atoms with Gasteiger partial charge in [0.2, 0.25) is 0 Å². The maximum Gasteiger partial charge on any atom is 0.254 e. The summed E-state index contributed by atoms with van der Waals surface area (Å²) < 4.78 is 1.87. The Hall–Kier alpha value is -2.10. The Labute approximate surface area is 119 Å². The van der Waals surface area contributed by atoms with E-state index < -0.39 is 0 Å². The van der Waals surface area contributed by atoms with Gasteiger partial charge < -0.3 is 5.32 Å². The molecule has 0 unspecified atom stereocenters. The number of nitrogens with one attached hydrogen (secondary N) is 1. The van der Waals surface area contributed by atoms with Gasteiger partial charge in [-0.05, 0) is 38.8 Å². The molecule has 0 aliphatic heterocycles. The number of rotatable bonds is 4. The van der Waals surface area contributed by atoms with Crippen LogP contribution < -0.4 is 5.32 Å². The van der Waals surface area contributed by atoms with Crippen molar-refractivity contribution in [2.24, 2.45) is 0 Å². The van der Waals surface area contributed by atoms with Crippen molar-refractivity contribution in [3.63, 3.8) is 0 Å². The van der Waals surface area contributed by atoms with Crippen molar-refractivity contribution in [2.75, 3.05) is 0 Å². The zero-order chi connectivity index (χ0) is 14.7. The molecule has 4 nitrogen and oxygen atoms in total. The van der Waals surface area contributed by atoms with Crippen LogP contribution in [0.2, 0.25) is 0 Å². The molecule has 0 saturated carbocycles. The minimum atomic E-state index is -0.0586. The second kappa shape index (κ2) is 5.90. The summed E-state index contributed by atoms with van der Waals surface area (Å²) in [5.74, 6) is -0.0586. The van der Waals surface area contributed by atoms with Crippen LogP contribution in [0.15, 0.2) is 30.5 Å². The van der Waals surface area contributed by atoms with Crippen LogP contribution in [0.25, 0.3) is 5.69 Å². The molecule has 0 bridgehead atoms. The Morgan fingerprint density at radius 1 is 1.35 bits per heavy atom. The maximum absolute atomic E-state index is 12.2. The second-order valence-electron chi connectivity index (χ2n) is 5.18. The fraction of sp³-hybridized carbons (Fsp3) is 0.375. The third kappa shape index (κ3) is 2.74. The molecule has 0 saturated heterocycles. The lowest BCUT2D eigenvalue weighted by atomic mass is 10.1. The molecule has 1 heterocycles. The van der Waals surface area contributed by atoms with Crippen molar-refractivity contribution in [3.05, 3.63) is 47.3 Å². The first kappa shape index (κ1) is 14.3. The molecular formula is C16H21N3O. The molecule has 0 fully saturated rings. The lowest BCUT2D eigenvalue weighted by molar-refractivity contribution is 0.0942. The van der Waals surface area contributed by atoms with E-state index in [1.165, 1.54) is 0 Å². The van der Waals surface area contributed by atoms with Gasteiger partial charge in [-0.25, -0.2) is 4.68 Å². The largest absolute Gasteiger partial charge is 0.350 e. The van der Waals surface area contributed by atoms with E-state index in [2.05, 4.69) is 10.4 Å². The molecule has 0 aliphatic carbocycles. The number of hydrogen-bond donors (Lipinski definition) is 1. The van der Waals surface area contributed by atoms with Gasteiger partial charge in [-0.15, -0.1) is 0 Å². The van der Waals surface area contributed by atoms with Crippen LogP contribution in [0.5, 0.6) is 0 Å². The van der Waals surface area contributed by atoms with Crippen LogP contribution in [-0.2, 0) is 6.42 Å². The standard InChI is InChI=1S/C16H21N3O/c1-5-14-13(16(20)18-11(2)3)10-17-19(14)15-9-7-6-8-12(15)4/h6-11H,5H2,1-4H3,(H,18,20). The summed E-state index contributed by atoms with van der Waals surface area (Å²) in [6.07, 6.45) is 2.41. The van der Waals surface area contributed by atoms with Crippen molar-refractivity contribution in [2.45, 2.75) is 40.2 Å². The number of hydrogen-bond acceptors (Lipinski definition) is 2. The van der Waals surface area contributed by atoms with Crippen molar-refractivity contribution in [1.29, 1.82) is 0 Å². The maximum atomic E-state index is 12.2. The van der Waals surface area contributed by atoms with Gasteiger partial charge in [-0.3, -0.25) is 4.79 Å². The molecular weight excluding hydrogens is 250 g/mol. The summed E-state index contributed by atoms with van der Waals surface area (Å²) >= 11 is 0. The number of aryl methyl sites for hydroxylation is 1. The number of para-hydroxylation sites is 1. The monoisotopic (exact) mass is 271 g/mol. The first-order valence-electron chi connectivity index (χ1n) is 6.98. The number of aromatic nitrogens is 2. The average Bonchev–Trinajstić information content (AvgIpc) is 2.82. The van der Waals surface area contributed by atoms with Crippen LogP contribution in [0.1, 0.15) is 42.4 Å². The minimum absolute atomic E-state index is 0.0586. The predicted molar refractivity (Wildman–Crippen MR) is 80.3 cm³/mol. The second-order valence-corrected chi connectivity index (χ2v) is 5.18. The summed E-state index contributed by atoms with van der Waals surface area (Å²) in [6.45, 7) is 7.99. The van der Waals surface area contributed by atoms with Gasteiger partial charge >= 0.3 is 0 Å². The van der Waals surface area contributed by atoms with Crippen molar-refractivity contribution >= 4 is 5.91 Å². The molecule has 1 aromatic heterocycles. The Morgan fingerprint density at radius 3 is 2.65 bits per heavy atom. The number of nitrogens with zero attached hydrogens (tertiary/aromatic N) is 2. The smallest absolute Gasteiger partial charge is 0.254 e. The third-order valence-corrected chi connectivity index (χ3v) is 3.21. The molecule has 1 amide bonds. The molecule has 0 atom stereocenters. The van der Waals surface area contributed by atoms with E-state index in [9.17, 15) is 4.79 Å². The Bertz CT molecular complexity index is 614. The highest BCUT2D eigenvalue weighted by Crippen LogP contribution is 2.18. The number of carbonyl (C=O) groups excluding carboxylic acids is 1. The van der Waals surface area contributed by atoms with E-state index in [4.69, 9.17) is 0 Å². The van der Waals surface area contributed by atoms with Gasteiger partial charge in [0.1, 0.15) is 0 Å². The fourth-order valence-electron chi connectivity index (χ4n) is 2.25. The van der Waals surface area contributed by atoms with Crippen LogP contribution in [0, 0.1) is 6.92 Å². The highest BCUT2D eigenvalue weighted by molar-refractivity contribution is 5.95. The van der Waals surface area contributed by atoms with Gasteiger partial charge in [-0.1, -0.05) is 25.1 Å². The van der Waals surface area contributed by atoms with E-state index in [1.807, 2.05) is 56.6 Å².